The first-order valence-corrected chi connectivity index (χ1v) is 7.45. The third kappa shape index (κ3) is 5.09. The largest absolute Gasteiger partial charge is 0.382 e. The summed E-state index contributed by atoms with van der Waals surface area (Å²) < 4.78 is 0. The lowest BCUT2D eigenvalue weighted by Gasteiger charge is -2.12. The van der Waals surface area contributed by atoms with Crippen LogP contribution >= 0.6 is 0 Å². The van der Waals surface area contributed by atoms with Crippen LogP contribution in [0.25, 0.3) is 0 Å². The van der Waals surface area contributed by atoms with Crippen LogP contribution in [-0.2, 0) is 0 Å². The lowest BCUT2D eigenvalue weighted by atomic mass is 10.2. The Hall–Kier alpha value is -2.55. The quantitative estimate of drug-likeness (QED) is 0.481. The van der Waals surface area contributed by atoms with Crippen molar-refractivity contribution in [3.8, 4) is 0 Å². The molecule has 0 unspecified atom stereocenters. The molecule has 3 heteroatoms. The third-order valence-electron chi connectivity index (χ3n) is 3.24. The van der Waals surface area contributed by atoms with Gasteiger partial charge >= 0.3 is 0 Å². The van der Waals surface area contributed by atoms with Gasteiger partial charge < -0.3 is 5.32 Å². The van der Waals surface area contributed by atoms with Crippen LogP contribution in [0, 0.1) is 0 Å². The molecule has 0 spiro atoms. The molecule has 0 amide bonds. The predicted octanol–water partition coefficient (Wildman–Crippen LogP) is 4.54. The van der Waals surface area contributed by atoms with Crippen LogP contribution in [0.3, 0.4) is 0 Å². The van der Waals surface area contributed by atoms with Gasteiger partial charge in [-0.3, -0.25) is 5.01 Å². The van der Waals surface area contributed by atoms with Gasteiger partial charge in [-0.1, -0.05) is 42.0 Å². The minimum atomic E-state index is 0.854. The average molecular weight is 293 g/mol. The van der Waals surface area contributed by atoms with Crippen LogP contribution in [0.2, 0.25) is 0 Å². The van der Waals surface area contributed by atoms with Crippen molar-refractivity contribution in [3.63, 3.8) is 0 Å². The van der Waals surface area contributed by atoms with Crippen LogP contribution in [0.15, 0.2) is 71.3 Å². The van der Waals surface area contributed by atoms with Gasteiger partial charge in [0.15, 0.2) is 0 Å². The molecule has 0 bridgehead atoms. The van der Waals surface area contributed by atoms with Crippen molar-refractivity contribution in [1.29, 1.82) is 0 Å². The number of allylic oxidation sites excluding steroid dienone is 1. The number of para-hydroxylation sites is 1. The molecule has 2 aromatic carbocycles. The number of benzene rings is 2. The molecule has 0 aliphatic carbocycles. The molecular weight excluding hydrogens is 270 g/mol. The molecule has 114 valence electrons. The molecule has 0 heterocycles. The third-order valence-corrected chi connectivity index (χ3v) is 3.24. The van der Waals surface area contributed by atoms with Crippen LogP contribution in [0.5, 0.6) is 0 Å². The SMILES string of the molecule is CC(C)=CCNc1ccc(C=NN(C)c2ccccc2)cc1. The summed E-state index contributed by atoms with van der Waals surface area (Å²) in [4.78, 5) is 0. The van der Waals surface area contributed by atoms with E-state index in [1.54, 1.807) is 0 Å². The van der Waals surface area contributed by atoms with Crippen molar-refractivity contribution < 1.29 is 0 Å². The van der Waals surface area contributed by atoms with E-state index in [2.05, 4.69) is 54.6 Å². The monoisotopic (exact) mass is 293 g/mol. The highest BCUT2D eigenvalue weighted by atomic mass is 15.4. The summed E-state index contributed by atoms with van der Waals surface area (Å²) in [5.41, 5.74) is 4.58. The van der Waals surface area contributed by atoms with Gasteiger partial charge in [0.2, 0.25) is 0 Å². The fourth-order valence-corrected chi connectivity index (χ4v) is 1.92. The van der Waals surface area contributed by atoms with Crippen molar-refractivity contribution in [2.24, 2.45) is 5.10 Å². The smallest absolute Gasteiger partial charge is 0.0590 e. The van der Waals surface area contributed by atoms with Gasteiger partial charge in [-0.2, -0.15) is 5.10 Å². The fraction of sp³-hybridized carbons (Fsp3) is 0.211. The molecule has 3 nitrogen and oxygen atoms in total. The first-order valence-electron chi connectivity index (χ1n) is 7.45. The summed E-state index contributed by atoms with van der Waals surface area (Å²) in [6.07, 6.45) is 4.04. The normalized spacial score (nSPS) is 10.5. The topological polar surface area (TPSA) is 27.6 Å². The van der Waals surface area contributed by atoms with E-state index < -0.39 is 0 Å². The molecule has 0 aromatic heterocycles. The Labute approximate surface area is 133 Å². The zero-order valence-electron chi connectivity index (χ0n) is 13.5. The van der Waals surface area contributed by atoms with Crippen molar-refractivity contribution in [2.45, 2.75) is 13.8 Å². The van der Waals surface area contributed by atoms with Crippen LogP contribution < -0.4 is 10.3 Å². The first-order chi connectivity index (χ1) is 10.6. The van der Waals surface area contributed by atoms with Gasteiger partial charge in [0.1, 0.15) is 0 Å². The van der Waals surface area contributed by atoms with E-state index in [0.717, 1.165) is 23.5 Å². The molecule has 0 aliphatic heterocycles. The Morgan fingerprint density at radius 1 is 1.05 bits per heavy atom. The minimum absolute atomic E-state index is 0.854. The summed E-state index contributed by atoms with van der Waals surface area (Å²) in [6.45, 7) is 5.06. The van der Waals surface area contributed by atoms with Crippen molar-refractivity contribution >= 4 is 17.6 Å². The minimum Gasteiger partial charge on any atom is -0.382 e. The molecule has 2 aromatic rings. The number of hydrazone groups is 1. The van der Waals surface area contributed by atoms with Crippen LogP contribution in [0.1, 0.15) is 19.4 Å². The predicted molar refractivity (Wildman–Crippen MR) is 96.8 cm³/mol. The molecule has 0 radical (unpaired) electrons. The molecular formula is C19H23N3. The molecule has 0 fully saturated rings. The second-order valence-corrected chi connectivity index (χ2v) is 5.39. The number of nitrogens with one attached hydrogen (secondary N) is 1. The van der Waals surface area contributed by atoms with Crippen LogP contribution in [-0.4, -0.2) is 19.8 Å². The Balaban J connectivity index is 1.93. The molecule has 22 heavy (non-hydrogen) atoms. The van der Waals surface area contributed by atoms with E-state index in [9.17, 15) is 0 Å². The summed E-state index contributed by atoms with van der Waals surface area (Å²) in [6, 6.07) is 18.4. The van der Waals surface area contributed by atoms with Gasteiger partial charge in [0, 0.05) is 19.3 Å². The lowest BCUT2D eigenvalue weighted by Crippen LogP contribution is -2.08. The van der Waals surface area contributed by atoms with E-state index in [4.69, 9.17) is 0 Å². The summed E-state index contributed by atoms with van der Waals surface area (Å²) in [5, 5.41) is 9.68. The van der Waals surface area contributed by atoms with E-state index >= 15 is 0 Å². The number of nitrogens with zero attached hydrogens (tertiary/aromatic N) is 2. The maximum absolute atomic E-state index is 4.46. The highest BCUT2D eigenvalue weighted by molar-refractivity contribution is 5.81. The second kappa shape index (κ2) is 8.03. The Morgan fingerprint density at radius 2 is 1.73 bits per heavy atom. The zero-order chi connectivity index (χ0) is 15.8. The zero-order valence-corrected chi connectivity index (χ0v) is 13.5. The van der Waals surface area contributed by atoms with Gasteiger partial charge in [0.25, 0.3) is 0 Å². The number of anilines is 2. The standard InChI is InChI=1S/C19H23N3/c1-16(2)13-14-20-18-11-9-17(10-12-18)15-21-22(3)19-7-5-4-6-8-19/h4-13,15,20H,14H2,1-3H3. The van der Waals surface area contributed by atoms with Gasteiger partial charge in [-0.25, -0.2) is 0 Å². The maximum atomic E-state index is 4.46. The lowest BCUT2D eigenvalue weighted by molar-refractivity contribution is 1.02. The molecule has 0 aliphatic rings. The summed E-state index contributed by atoms with van der Waals surface area (Å²) in [5.74, 6) is 0. The van der Waals surface area contributed by atoms with E-state index in [-0.39, 0.29) is 0 Å². The summed E-state index contributed by atoms with van der Waals surface area (Å²) in [7, 11) is 1.95. The number of hydrogen-bond donors (Lipinski definition) is 1. The van der Waals surface area contributed by atoms with Crippen molar-refractivity contribution in [2.75, 3.05) is 23.9 Å². The van der Waals surface area contributed by atoms with Crippen molar-refractivity contribution in [3.05, 3.63) is 71.8 Å². The molecule has 0 atom stereocenters. The highest BCUT2D eigenvalue weighted by Crippen LogP contribution is 2.12. The number of hydrogen-bond acceptors (Lipinski definition) is 3. The van der Waals surface area contributed by atoms with Crippen LogP contribution in [0.4, 0.5) is 11.4 Å². The second-order valence-electron chi connectivity index (χ2n) is 5.39. The molecule has 1 N–H and O–H groups in total. The molecule has 2 rings (SSSR count). The summed E-state index contributed by atoms with van der Waals surface area (Å²) >= 11 is 0. The van der Waals surface area contributed by atoms with Gasteiger partial charge in [-0.05, 0) is 43.7 Å². The highest BCUT2D eigenvalue weighted by Gasteiger charge is 1.96. The van der Waals surface area contributed by atoms with E-state index in [1.807, 2.05) is 48.6 Å². The Bertz CT molecular complexity index is 623. The maximum Gasteiger partial charge on any atom is 0.0590 e. The van der Waals surface area contributed by atoms with Crippen molar-refractivity contribution in [1.82, 2.24) is 0 Å². The first kappa shape index (κ1) is 15.8. The Kier molecular flexibility index (Phi) is 5.78. The average Bonchev–Trinajstić information content (AvgIpc) is 2.54. The van der Waals surface area contributed by atoms with E-state index in [0.29, 0.717) is 0 Å². The Morgan fingerprint density at radius 3 is 2.36 bits per heavy atom. The van der Waals surface area contributed by atoms with E-state index in [1.165, 1.54) is 5.57 Å². The van der Waals surface area contributed by atoms with Gasteiger partial charge in [-0.15, -0.1) is 0 Å². The fourth-order valence-electron chi connectivity index (χ4n) is 1.92. The molecule has 0 saturated carbocycles. The van der Waals surface area contributed by atoms with Gasteiger partial charge in [0.05, 0.1) is 11.9 Å². The molecule has 0 saturated heterocycles. The number of rotatable bonds is 6.